The van der Waals surface area contributed by atoms with Gasteiger partial charge >= 0.3 is 0 Å². The minimum atomic E-state index is -0.0916. The Morgan fingerprint density at radius 3 is 2.39 bits per heavy atom. The number of hydrogen-bond donors (Lipinski definition) is 1. The Kier molecular flexibility index (Phi) is 5.69. The maximum absolute atomic E-state index is 12.2. The van der Waals surface area contributed by atoms with Crippen molar-refractivity contribution >= 4 is 11.6 Å². The van der Waals surface area contributed by atoms with Gasteiger partial charge in [-0.15, -0.1) is 0 Å². The van der Waals surface area contributed by atoms with E-state index in [1.54, 1.807) is 0 Å². The van der Waals surface area contributed by atoms with Crippen molar-refractivity contribution in [3.8, 4) is 0 Å². The van der Waals surface area contributed by atoms with E-state index in [9.17, 15) is 4.79 Å². The summed E-state index contributed by atoms with van der Waals surface area (Å²) < 4.78 is 0. The van der Waals surface area contributed by atoms with E-state index in [1.807, 2.05) is 49.4 Å². The van der Waals surface area contributed by atoms with E-state index in [4.69, 9.17) is 0 Å². The predicted molar refractivity (Wildman–Crippen MR) is 95.6 cm³/mol. The van der Waals surface area contributed by atoms with Gasteiger partial charge in [-0.3, -0.25) is 4.79 Å². The molecule has 0 bridgehead atoms. The summed E-state index contributed by atoms with van der Waals surface area (Å²) >= 11 is 0. The van der Waals surface area contributed by atoms with Gasteiger partial charge in [0.1, 0.15) is 0 Å². The molecule has 3 heteroatoms. The van der Waals surface area contributed by atoms with Gasteiger partial charge < -0.3 is 0 Å². The lowest BCUT2D eigenvalue weighted by molar-refractivity contribution is -0.120. The lowest BCUT2D eigenvalue weighted by atomic mass is 10.0. The van der Waals surface area contributed by atoms with Crippen molar-refractivity contribution in [2.45, 2.75) is 34.1 Å². The van der Waals surface area contributed by atoms with Gasteiger partial charge in [-0.1, -0.05) is 67.9 Å². The maximum Gasteiger partial charge on any atom is 0.244 e. The summed E-state index contributed by atoms with van der Waals surface area (Å²) in [6.07, 6.45) is 0.343. The van der Waals surface area contributed by atoms with E-state index in [0.29, 0.717) is 6.42 Å². The number of rotatable bonds is 5. The van der Waals surface area contributed by atoms with Gasteiger partial charge in [-0.2, -0.15) is 5.10 Å². The summed E-state index contributed by atoms with van der Waals surface area (Å²) in [7, 11) is 0. The van der Waals surface area contributed by atoms with Crippen molar-refractivity contribution < 1.29 is 4.79 Å². The maximum atomic E-state index is 12.2. The van der Waals surface area contributed by atoms with Crippen molar-refractivity contribution in [2.24, 2.45) is 11.0 Å². The molecule has 0 saturated carbocycles. The van der Waals surface area contributed by atoms with Gasteiger partial charge in [0.2, 0.25) is 5.91 Å². The Morgan fingerprint density at radius 2 is 1.78 bits per heavy atom. The van der Waals surface area contributed by atoms with Gasteiger partial charge in [-0.25, -0.2) is 5.43 Å². The highest BCUT2D eigenvalue weighted by Gasteiger charge is 2.10. The van der Waals surface area contributed by atoms with Crippen LogP contribution in [0.3, 0.4) is 0 Å². The molecule has 0 fully saturated rings. The van der Waals surface area contributed by atoms with E-state index < -0.39 is 0 Å². The number of hydrazone groups is 1. The van der Waals surface area contributed by atoms with Crippen LogP contribution in [0.25, 0.3) is 0 Å². The molecule has 0 radical (unpaired) electrons. The number of nitrogens with one attached hydrogen (secondary N) is 1. The Balaban J connectivity index is 2.09. The molecule has 2 aromatic rings. The normalized spacial score (nSPS) is 11.6. The average Bonchev–Trinajstić information content (AvgIpc) is 2.51. The van der Waals surface area contributed by atoms with Crippen molar-refractivity contribution in [3.05, 3.63) is 70.8 Å². The second-order valence-corrected chi connectivity index (χ2v) is 6.16. The SMILES string of the molecule is Cc1ccc(CC(=O)N/N=C(\c2ccccc2)C(C)C)c(C)c1. The summed E-state index contributed by atoms with van der Waals surface area (Å²) in [6, 6.07) is 16.1. The molecule has 23 heavy (non-hydrogen) atoms. The lowest BCUT2D eigenvalue weighted by Gasteiger charge is -2.11. The van der Waals surface area contributed by atoms with Crippen LogP contribution < -0.4 is 5.43 Å². The molecule has 0 aromatic heterocycles. The Labute approximate surface area is 138 Å². The van der Waals surface area contributed by atoms with E-state index in [1.165, 1.54) is 5.56 Å². The molecule has 0 heterocycles. The summed E-state index contributed by atoms with van der Waals surface area (Å²) in [5.41, 5.74) is 8.00. The molecule has 0 atom stereocenters. The molecule has 1 N–H and O–H groups in total. The monoisotopic (exact) mass is 308 g/mol. The Morgan fingerprint density at radius 1 is 1.09 bits per heavy atom. The zero-order valence-corrected chi connectivity index (χ0v) is 14.3. The van der Waals surface area contributed by atoms with Crippen LogP contribution >= 0.6 is 0 Å². The molecule has 120 valence electrons. The van der Waals surface area contributed by atoms with Crippen molar-refractivity contribution in [3.63, 3.8) is 0 Å². The number of nitrogens with zero attached hydrogens (tertiary/aromatic N) is 1. The van der Waals surface area contributed by atoms with Crippen molar-refractivity contribution in [1.29, 1.82) is 0 Å². The molecule has 2 rings (SSSR count). The van der Waals surface area contributed by atoms with E-state index in [0.717, 1.165) is 22.4 Å². The molecular formula is C20H24N2O. The summed E-state index contributed by atoms with van der Waals surface area (Å²) in [5, 5.41) is 4.35. The molecule has 0 aliphatic rings. The molecule has 0 saturated heterocycles. The smallest absolute Gasteiger partial charge is 0.244 e. The van der Waals surface area contributed by atoms with Crippen LogP contribution in [-0.4, -0.2) is 11.6 Å². The predicted octanol–water partition coefficient (Wildman–Crippen LogP) is 4.02. The fraction of sp³-hybridized carbons (Fsp3) is 0.300. The van der Waals surface area contributed by atoms with E-state index >= 15 is 0 Å². The number of carbonyl (C=O) groups excluding carboxylic acids is 1. The first-order valence-electron chi connectivity index (χ1n) is 7.95. The fourth-order valence-corrected chi connectivity index (χ4v) is 2.52. The van der Waals surface area contributed by atoms with E-state index in [2.05, 4.69) is 37.4 Å². The number of amides is 1. The van der Waals surface area contributed by atoms with Crippen LogP contribution in [0.1, 0.15) is 36.1 Å². The number of aryl methyl sites for hydroxylation is 2. The molecule has 1 amide bonds. The second-order valence-electron chi connectivity index (χ2n) is 6.16. The van der Waals surface area contributed by atoms with Gasteiger partial charge in [0.05, 0.1) is 12.1 Å². The third kappa shape index (κ3) is 4.78. The highest BCUT2D eigenvalue weighted by Crippen LogP contribution is 2.12. The van der Waals surface area contributed by atoms with Gasteiger partial charge in [0.25, 0.3) is 0 Å². The number of hydrogen-bond acceptors (Lipinski definition) is 2. The van der Waals surface area contributed by atoms with Crippen LogP contribution in [0.15, 0.2) is 53.6 Å². The molecular weight excluding hydrogens is 284 g/mol. The Bertz CT molecular complexity index is 703. The average molecular weight is 308 g/mol. The number of carbonyl (C=O) groups is 1. The topological polar surface area (TPSA) is 41.5 Å². The minimum absolute atomic E-state index is 0.0916. The largest absolute Gasteiger partial charge is 0.273 e. The molecule has 3 nitrogen and oxygen atoms in total. The first-order valence-corrected chi connectivity index (χ1v) is 7.95. The van der Waals surface area contributed by atoms with Crippen LogP contribution in [0.5, 0.6) is 0 Å². The second kappa shape index (κ2) is 7.73. The molecule has 0 spiro atoms. The van der Waals surface area contributed by atoms with Crippen LogP contribution in [0, 0.1) is 19.8 Å². The third-order valence-corrected chi connectivity index (χ3v) is 3.77. The van der Waals surface area contributed by atoms with Gasteiger partial charge in [0, 0.05) is 0 Å². The minimum Gasteiger partial charge on any atom is -0.273 e. The first kappa shape index (κ1) is 16.9. The lowest BCUT2D eigenvalue weighted by Crippen LogP contribution is -2.24. The van der Waals surface area contributed by atoms with Crippen LogP contribution in [0.2, 0.25) is 0 Å². The Hall–Kier alpha value is -2.42. The molecule has 2 aromatic carbocycles. The van der Waals surface area contributed by atoms with E-state index in [-0.39, 0.29) is 11.8 Å². The van der Waals surface area contributed by atoms with Gasteiger partial charge in [0.15, 0.2) is 0 Å². The fourth-order valence-electron chi connectivity index (χ4n) is 2.52. The van der Waals surface area contributed by atoms with Crippen LogP contribution in [0.4, 0.5) is 0 Å². The molecule has 0 unspecified atom stereocenters. The van der Waals surface area contributed by atoms with Crippen molar-refractivity contribution in [2.75, 3.05) is 0 Å². The molecule has 0 aliphatic heterocycles. The quantitative estimate of drug-likeness (QED) is 0.658. The van der Waals surface area contributed by atoms with Crippen LogP contribution in [-0.2, 0) is 11.2 Å². The molecule has 0 aliphatic carbocycles. The zero-order chi connectivity index (χ0) is 16.8. The van der Waals surface area contributed by atoms with Crippen molar-refractivity contribution in [1.82, 2.24) is 5.43 Å². The zero-order valence-electron chi connectivity index (χ0n) is 14.3. The summed E-state index contributed by atoms with van der Waals surface area (Å²) in [6.45, 7) is 8.22. The third-order valence-electron chi connectivity index (χ3n) is 3.77. The highest BCUT2D eigenvalue weighted by atomic mass is 16.2. The standard InChI is InChI=1S/C20H24N2O/c1-14(2)20(17-8-6-5-7-9-17)22-21-19(23)13-18-11-10-15(3)12-16(18)4/h5-12,14H,13H2,1-4H3,(H,21,23)/b22-20-. The summed E-state index contributed by atoms with van der Waals surface area (Å²) in [4.78, 5) is 12.2. The van der Waals surface area contributed by atoms with Gasteiger partial charge in [-0.05, 0) is 36.5 Å². The number of benzene rings is 2. The first-order chi connectivity index (χ1) is 11.0. The highest BCUT2D eigenvalue weighted by molar-refractivity contribution is 6.02. The summed E-state index contributed by atoms with van der Waals surface area (Å²) in [5.74, 6) is 0.143.